The van der Waals surface area contributed by atoms with Crippen molar-refractivity contribution in [2.45, 2.75) is 39.5 Å². The van der Waals surface area contributed by atoms with E-state index in [1.165, 1.54) is 25.7 Å². The Morgan fingerprint density at radius 2 is 1.27 bits per heavy atom. The summed E-state index contributed by atoms with van der Waals surface area (Å²) in [7, 11) is -0.589. The molecule has 0 bridgehead atoms. The number of hydrogen-bond acceptors (Lipinski definition) is 2. The highest BCUT2D eigenvalue weighted by Gasteiger charge is 1.95. The molecule has 68 valence electrons. The molecule has 1 rings (SSSR count). The van der Waals surface area contributed by atoms with Gasteiger partial charge in [-0.3, -0.25) is 0 Å². The molecule has 0 amide bonds. The fourth-order valence-corrected chi connectivity index (χ4v) is 0.927. The first kappa shape index (κ1) is 11.1. The van der Waals surface area contributed by atoms with Gasteiger partial charge in [0.1, 0.15) is 0 Å². The zero-order valence-electron chi connectivity index (χ0n) is 7.77. The Morgan fingerprint density at radius 1 is 0.909 bits per heavy atom. The van der Waals surface area contributed by atoms with Crippen LogP contribution in [0.25, 0.3) is 0 Å². The van der Waals surface area contributed by atoms with Crippen LogP contribution >= 0.6 is 0 Å². The van der Waals surface area contributed by atoms with Gasteiger partial charge in [-0.2, -0.15) is 0 Å². The summed E-state index contributed by atoms with van der Waals surface area (Å²) in [5.74, 6) is 0. The molecule has 0 unspecified atom stereocenters. The van der Waals surface area contributed by atoms with E-state index in [2.05, 4.69) is 0 Å². The van der Waals surface area contributed by atoms with Crippen LogP contribution in [0.15, 0.2) is 0 Å². The van der Waals surface area contributed by atoms with Crippen LogP contribution in [0.4, 0.5) is 0 Å². The normalized spacial score (nSPS) is 14.7. The second-order valence-electron chi connectivity index (χ2n) is 2.52. The van der Waals surface area contributed by atoms with Crippen molar-refractivity contribution < 1.29 is 8.85 Å². The van der Waals surface area contributed by atoms with Gasteiger partial charge < -0.3 is 8.85 Å². The van der Waals surface area contributed by atoms with Gasteiger partial charge in [0.15, 0.2) is 0 Å². The molecular weight excluding hydrogens is 156 g/mol. The minimum absolute atomic E-state index is 0.589. The lowest BCUT2D eigenvalue weighted by Crippen LogP contribution is -2.02. The zero-order chi connectivity index (χ0) is 8.36. The Balaban J connectivity index is 0.000000207. The SMILES string of the molecule is C1CCC1.CCO[SiH2]OCC. The highest BCUT2D eigenvalue weighted by atomic mass is 28.3. The molecule has 2 nitrogen and oxygen atoms in total. The molecule has 0 saturated heterocycles. The predicted octanol–water partition coefficient (Wildman–Crippen LogP) is 1.62. The molecule has 1 saturated carbocycles. The number of hydrogen-bond donors (Lipinski definition) is 0. The van der Waals surface area contributed by atoms with Gasteiger partial charge in [-0.1, -0.05) is 25.7 Å². The molecule has 0 aromatic carbocycles. The van der Waals surface area contributed by atoms with Crippen molar-refractivity contribution in [1.82, 2.24) is 0 Å². The van der Waals surface area contributed by atoms with E-state index in [1.54, 1.807) is 0 Å². The topological polar surface area (TPSA) is 18.5 Å². The summed E-state index contributed by atoms with van der Waals surface area (Å²) in [5, 5.41) is 0. The third-order valence-electron chi connectivity index (χ3n) is 1.57. The summed E-state index contributed by atoms with van der Waals surface area (Å²) < 4.78 is 9.98. The van der Waals surface area contributed by atoms with E-state index < -0.39 is 10.0 Å². The van der Waals surface area contributed by atoms with E-state index in [9.17, 15) is 0 Å². The first-order valence-electron chi connectivity index (χ1n) is 4.57. The average molecular weight is 176 g/mol. The van der Waals surface area contributed by atoms with Crippen molar-refractivity contribution >= 4 is 10.0 Å². The zero-order valence-corrected chi connectivity index (χ0v) is 9.18. The minimum atomic E-state index is -0.589. The smallest absolute Gasteiger partial charge is 0.304 e. The Bertz CT molecular complexity index is 57.1. The molecule has 0 aromatic heterocycles. The largest absolute Gasteiger partial charge is 0.399 e. The van der Waals surface area contributed by atoms with Crippen LogP contribution in [0, 0.1) is 0 Å². The van der Waals surface area contributed by atoms with Gasteiger partial charge >= 0.3 is 10.0 Å². The van der Waals surface area contributed by atoms with Crippen LogP contribution in [0.5, 0.6) is 0 Å². The minimum Gasteiger partial charge on any atom is -0.399 e. The van der Waals surface area contributed by atoms with Crippen LogP contribution in [0.2, 0.25) is 0 Å². The Labute approximate surface area is 72.3 Å². The maximum atomic E-state index is 4.99. The van der Waals surface area contributed by atoms with E-state index in [0.29, 0.717) is 0 Å². The van der Waals surface area contributed by atoms with Gasteiger partial charge in [0, 0.05) is 13.2 Å². The molecule has 0 aliphatic heterocycles. The monoisotopic (exact) mass is 176 g/mol. The van der Waals surface area contributed by atoms with Crippen molar-refractivity contribution in [3.8, 4) is 0 Å². The van der Waals surface area contributed by atoms with Gasteiger partial charge in [0.25, 0.3) is 0 Å². The summed E-state index contributed by atoms with van der Waals surface area (Å²) in [4.78, 5) is 0. The molecule has 0 radical (unpaired) electrons. The van der Waals surface area contributed by atoms with Gasteiger partial charge in [0.05, 0.1) is 0 Å². The van der Waals surface area contributed by atoms with E-state index >= 15 is 0 Å². The van der Waals surface area contributed by atoms with E-state index in [4.69, 9.17) is 8.85 Å². The summed E-state index contributed by atoms with van der Waals surface area (Å²) in [6.07, 6.45) is 6.00. The maximum Gasteiger partial charge on any atom is 0.304 e. The van der Waals surface area contributed by atoms with Crippen LogP contribution in [-0.4, -0.2) is 23.2 Å². The molecule has 0 heterocycles. The lowest BCUT2D eigenvalue weighted by atomic mass is 10.0. The van der Waals surface area contributed by atoms with Crippen LogP contribution < -0.4 is 0 Å². The Morgan fingerprint density at radius 3 is 1.45 bits per heavy atom. The highest BCUT2D eigenvalue weighted by molar-refractivity contribution is 6.17. The van der Waals surface area contributed by atoms with Crippen molar-refractivity contribution in [2.24, 2.45) is 0 Å². The van der Waals surface area contributed by atoms with Crippen molar-refractivity contribution in [3.63, 3.8) is 0 Å². The molecular formula is C8H20O2Si. The Kier molecular flexibility index (Phi) is 10.3. The van der Waals surface area contributed by atoms with E-state index in [1.807, 2.05) is 13.8 Å². The maximum absolute atomic E-state index is 4.99. The second-order valence-corrected chi connectivity index (χ2v) is 3.57. The fourth-order valence-electron chi connectivity index (χ4n) is 0.476. The molecule has 11 heavy (non-hydrogen) atoms. The van der Waals surface area contributed by atoms with E-state index in [0.717, 1.165) is 13.2 Å². The van der Waals surface area contributed by atoms with Crippen molar-refractivity contribution in [2.75, 3.05) is 13.2 Å². The third kappa shape index (κ3) is 10.1. The number of rotatable bonds is 4. The van der Waals surface area contributed by atoms with Crippen LogP contribution in [0.3, 0.4) is 0 Å². The predicted molar refractivity (Wildman–Crippen MR) is 50.3 cm³/mol. The second kappa shape index (κ2) is 10.1. The van der Waals surface area contributed by atoms with Crippen LogP contribution in [-0.2, 0) is 8.85 Å². The van der Waals surface area contributed by atoms with E-state index in [-0.39, 0.29) is 0 Å². The molecule has 0 spiro atoms. The van der Waals surface area contributed by atoms with Crippen molar-refractivity contribution in [3.05, 3.63) is 0 Å². The van der Waals surface area contributed by atoms with Crippen LogP contribution in [0.1, 0.15) is 39.5 Å². The lowest BCUT2D eigenvalue weighted by Gasteiger charge is -2.05. The summed E-state index contributed by atoms with van der Waals surface area (Å²) in [5.41, 5.74) is 0. The van der Waals surface area contributed by atoms with Crippen molar-refractivity contribution in [1.29, 1.82) is 0 Å². The summed E-state index contributed by atoms with van der Waals surface area (Å²) >= 11 is 0. The Hall–Kier alpha value is 0.137. The molecule has 1 aliphatic carbocycles. The molecule has 0 N–H and O–H groups in total. The van der Waals surface area contributed by atoms with Gasteiger partial charge in [0.2, 0.25) is 0 Å². The lowest BCUT2D eigenvalue weighted by molar-refractivity contribution is 0.240. The van der Waals surface area contributed by atoms with Gasteiger partial charge in [-0.15, -0.1) is 0 Å². The average Bonchev–Trinajstić information content (AvgIpc) is 1.85. The molecule has 1 aliphatic rings. The first-order chi connectivity index (χ1) is 5.41. The summed E-state index contributed by atoms with van der Waals surface area (Å²) in [6.45, 7) is 5.55. The summed E-state index contributed by atoms with van der Waals surface area (Å²) in [6, 6.07) is 0. The standard InChI is InChI=1S/C4H12O2Si.C4H8/c1-3-5-7-6-4-2;1-2-4-3-1/h3-4,7H2,1-2H3;1-4H2. The molecule has 0 aromatic rings. The first-order valence-corrected chi connectivity index (χ1v) is 5.72. The quantitative estimate of drug-likeness (QED) is 0.479. The highest BCUT2D eigenvalue weighted by Crippen LogP contribution is 2.15. The molecule has 0 atom stereocenters. The molecule has 1 fully saturated rings. The third-order valence-corrected chi connectivity index (χ3v) is 2.72. The van der Waals surface area contributed by atoms with Gasteiger partial charge in [-0.05, 0) is 13.8 Å². The fraction of sp³-hybridized carbons (Fsp3) is 1.00. The van der Waals surface area contributed by atoms with Gasteiger partial charge in [-0.25, -0.2) is 0 Å². The molecule has 3 heteroatoms.